The molecule has 72 heavy (non-hydrogen) atoms. The van der Waals surface area contributed by atoms with E-state index >= 15 is 0 Å². The number of amides is 2. The molecule has 2 amide bonds. The number of unbranched alkanes of at least 4 members (excludes halogenated alkanes) is 11. The summed E-state index contributed by atoms with van der Waals surface area (Å²) in [6.07, 6.45) is 25.8. The van der Waals surface area contributed by atoms with Crippen LogP contribution in [0.4, 0.5) is 9.59 Å². The van der Waals surface area contributed by atoms with Gasteiger partial charge in [0.05, 0.1) is 14.2 Å². The highest BCUT2D eigenvalue weighted by atomic mass is 16.7. The fraction of sp³-hybridized carbons (Fsp3) is 0.733. The van der Waals surface area contributed by atoms with Gasteiger partial charge in [-0.1, -0.05) is 116 Å². The molecule has 0 saturated heterocycles. The van der Waals surface area contributed by atoms with E-state index in [9.17, 15) is 19.2 Å². The Morgan fingerprint density at radius 1 is 0.431 bits per heavy atom. The molecule has 8 aliphatic carbocycles. The van der Waals surface area contributed by atoms with Crippen LogP contribution in [-0.2, 0) is 41.6 Å². The van der Waals surface area contributed by atoms with Crippen LogP contribution in [-0.4, -0.2) is 72.8 Å². The molecule has 0 heterocycles. The van der Waals surface area contributed by atoms with Crippen molar-refractivity contribution >= 4 is 24.1 Å². The molecular formula is C60H88N2O10. The van der Waals surface area contributed by atoms with Gasteiger partial charge in [-0.25, -0.2) is 9.59 Å². The summed E-state index contributed by atoms with van der Waals surface area (Å²) >= 11 is 0. The van der Waals surface area contributed by atoms with E-state index in [1.807, 2.05) is 58.3 Å². The van der Waals surface area contributed by atoms with Crippen LogP contribution in [0.15, 0.2) is 48.5 Å². The van der Waals surface area contributed by atoms with Crippen LogP contribution >= 0.6 is 0 Å². The number of esters is 2. The van der Waals surface area contributed by atoms with Crippen LogP contribution in [0.1, 0.15) is 206 Å². The van der Waals surface area contributed by atoms with Gasteiger partial charge in [0.15, 0.2) is 0 Å². The van der Waals surface area contributed by atoms with Gasteiger partial charge in [-0.05, 0) is 159 Å². The Morgan fingerprint density at radius 3 is 1.03 bits per heavy atom. The average Bonchev–Trinajstić information content (AvgIpc) is 3.30. The minimum absolute atomic E-state index is 0.224. The SMILES string of the molecule is COc1ccc(CN(C(=O)OCOC(=O)CCCCCCCCCCCCCCC(=O)OCOC(=O)N(Cc2ccc(OC)cc2)C23CC4C[C@@](C)(C2)C[C@](C)(C4)C3)C23CC4C[C@@](C)(C2)C[C@](C)(C4)C3)cc1. The smallest absolute Gasteiger partial charge is 0.413 e. The van der Waals surface area contributed by atoms with Crippen LogP contribution in [0.5, 0.6) is 11.5 Å². The van der Waals surface area contributed by atoms with E-state index in [4.69, 9.17) is 28.4 Å². The molecule has 10 rings (SSSR count). The maximum atomic E-state index is 13.9. The van der Waals surface area contributed by atoms with E-state index in [0.29, 0.717) is 37.8 Å². The summed E-state index contributed by atoms with van der Waals surface area (Å²) in [5.74, 6) is 2.14. The van der Waals surface area contributed by atoms with Crippen LogP contribution in [0.25, 0.3) is 0 Å². The molecule has 12 nitrogen and oxygen atoms in total. The number of benzene rings is 2. The predicted molar refractivity (Wildman–Crippen MR) is 277 cm³/mol. The Balaban J connectivity index is 0.644. The lowest BCUT2D eigenvalue weighted by atomic mass is 9.42. The Kier molecular flexibility index (Phi) is 17.2. The second-order valence-electron chi connectivity index (χ2n) is 25.4. The second kappa shape index (κ2) is 23.0. The molecule has 4 unspecified atom stereocenters. The molecule has 8 atom stereocenters. The third-order valence-corrected chi connectivity index (χ3v) is 18.1. The molecule has 8 saturated carbocycles. The van der Waals surface area contributed by atoms with Gasteiger partial charge in [0.25, 0.3) is 0 Å². The largest absolute Gasteiger partial charge is 0.497 e. The Labute approximate surface area is 431 Å². The third kappa shape index (κ3) is 13.4. The van der Waals surface area contributed by atoms with Crippen LogP contribution < -0.4 is 9.47 Å². The van der Waals surface area contributed by atoms with Crippen LogP contribution in [0.3, 0.4) is 0 Å². The standard InChI is InChI=1S/C60H88N2O10/c1-55-29-47-30-56(2,37-55)40-59(33-47,39-55)61(35-45-21-25-49(67-5)26-22-45)53(65)71-43-69-51(63)19-17-15-13-11-9-7-8-10-12-14-16-18-20-52(64)70-44-72-54(66)62(36-46-23-27-50(68-6)28-24-46)60-34-48-31-57(3,41-60)38-58(4,32-48)42-60/h21-28,47-48H,7-20,29-44H2,1-6H3/t47?,48?,55-,56+,57-,58+,59?,60?. The summed E-state index contributed by atoms with van der Waals surface area (Å²) in [7, 11) is 3.31. The Morgan fingerprint density at radius 2 is 0.736 bits per heavy atom. The number of hydrogen-bond donors (Lipinski definition) is 0. The summed E-state index contributed by atoms with van der Waals surface area (Å²) < 4.78 is 33.1. The number of hydrogen-bond acceptors (Lipinski definition) is 10. The van der Waals surface area contributed by atoms with Gasteiger partial charge < -0.3 is 28.4 Å². The molecular weight excluding hydrogens is 909 g/mol. The predicted octanol–water partition coefficient (Wildman–Crippen LogP) is 14.2. The van der Waals surface area contributed by atoms with Gasteiger partial charge in [0.1, 0.15) is 11.5 Å². The van der Waals surface area contributed by atoms with Crippen molar-refractivity contribution in [3.8, 4) is 11.5 Å². The van der Waals surface area contributed by atoms with Gasteiger partial charge in [-0.15, -0.1) is 0 Å². The molecule has 8 aliphatic rings. The first-order valence-corrected chi connectivity index (χ1v) is 27.9. The Bertz CT molecular complexity index is 1970. The Hall–Kier alpha value is -4.48. The zero-order valence-electron chi connectivity index (χ0n) is 45.0. The number of ether oxygens (including phenoxy) is 6. The number of carbonyl (C=O) groups is 4. The summed E-state index contributed by atoms with van der Waals surface area (Å²) in [5.41, 5.74) is 2.42. The van der Waals surface area contributed by atoms with Crippen LogP contribution in [0.2, 0.25) is 0 Å². The van der Waals surface area contributed by atoms with Gasteiger partial charge in [0.2, 0.25) is 13.6 Å². The fourth-order valence-corrected chi connectivity index (χ4v) is 17.0. The molecule has 0 aromatic heterocycles. The van der Waals surface area contributed by atoms with Crippen molar-refractivity contribution in [2.24, 2.45) is 33.5 Å². The van der Waals surface area contributed by atoms with Crippen molar-refractivity contribution in [3.63, 3.8) is 0 Å². The average molecular weight is 997 g/mol. The monoisotopic (exact) mass is 997 g/mol. The zero-order chi connectivity index (χ0) is 51.0. The quantitative estimate of drug-likeness (QED) is 0.0484. The molecule has 0 spiro atoms. The van der Waals surface area contributed by atoms with E-state index in [0.717, 1.165) is 113 Å². The molecule has 2 aromatic rings. The molecule has 398 valence electrons. The summed E-state index contributed by atoms with van der Waals surface area (Å²) in [6.45, 7) is 9.81. The second-order valence-corrected chi connectivity index (χ2v) is 25.4. The van der Waals surface area contributed by atoms with E-state index in [2.05, 4.69) is 27.7 Å². The number of carbonyl (C=O) groups excluding carboxylic acids is 4. The normalized spacial score (nSPS) is 30.4. The molecule has 12 heteroatoms. The minimum atomic E-state index is -0.400. The van der Waals surface area contributed by atoms with Gasteiger partial charge >= 0.3 is 24.1 Å². The molecule has 0 aliphatic heterocycles. The lowest BCUT2D eigenvalue weighted by Gasteiger charge is -2.67. The summed E-state index contributed by atoms with van der Waals surface area (Å²) in [6, 6.07) is 15.8. The molecule has 0 radical (unpaired) electrons. The third-order valence-electron chi connectivity index (χ3n) is 18.1. The molecule has 8 fully saturated rings. The van der Waals surface area contributed by atoms with E-state index < -0.39 is 12.2 Å². The van der Waals surface area contributed by atoms with E-state index in [1.165, 1.54) is 64.2 Å². The van der Waals surface area contributed by atoms with Crippen molar-refractivity contribution in [1.29, 1.82) is 0 Å². The fourth-order valence-electron chi connectivity index (χ4n) is 17.0. The lowest BCUT2D eigenvalue weighted by Crippen LogP contribution is -2.66. The first-order chi connectivity index (χ1) is 34.4. The molecule has 2 aromatic carbocycles. The van der Waals surface area contributed by atoms with Crippen molar-refractivity contribution in [3.05, 3.63) is 59.7 Å². The lowest BCUT2D eigenvalue weighted by molar-refractivity contribution is -0.165. The maximum absolute atomic E-state index is 13.9. The van der Waals surface area contributed by atoms with Crippen molar-refractivity contribution in [2.75, 3.05) is 27.8 Å². The first kappa shape index (κ1) is 53.8. The van der Waals surface area contributed by atoms with Crippen LogP contribution in [0, 0.1) is 33.5 Å². The highest BCUT2D eigenvalue weighted by Gasteiger charge is 2.64. The number of nitrogens with zero attached hydrogens (tertiary/aromatic N) is 2. The van der Waals surface area contributed by atoms with Crippen molar-refractivity contribution < 1.29 is 47.6 Å². The van der Waals surface area contributed by atoms with Gasteiger partial charge in [-0.2, -0.15) is 0 Å². The first-order valence-electron chi connectivity index (χ1n) is 27.9. The number of methoxy groups -OCH3 is 2. The molecule has 8 bridgehead atoms. The molecule has 0 N–H and O–H groups in total. The summed E-state index contributed by atoms with van der Waals surface area (Å²) in [5, 5.41) is 0. The van der Waals surface area contributed by atoms with Gasteiger partial charge in [-0.3, -0.25) is 19.4 Å². The highest BCUT2D eigenvalue weighted by molar-refractivity contribution is 5.72. The van der Waals surface area contributed by atoms with Crippen molar-refractivity contribution in [2.45, 2.75) is 219 Å². The zero-order valence-corrected chi connectivity index (χ0v) is 45.0. The summed E-state index contributed by atoms with van der Waals surface area (Å²) in [4.78, 5) is 57.1. The van der Waals surface area contributed by atoms with Crippen molar-refractivity contribution in [1.82, 2.24) is 9.80 Å². The van der Waals surface area contributed by atoms with E-state index in [1.54, 1.807) is 14.2 Å². The van der Waals surface area contributed by atoms with Gasteiger partial charge in [0, 0.05) is 37.0 Å². The minimum Gasteiger partial charge on any atom is -0.497 e. The number of rotatable bonds is 27. The highest BCUT2D eigenvalue weighted by Crippen LogP contribution is 2.69. The van der Waals surface area contributed by atoms with E-state index in [-0.39, 0.29) is 58.3 Å². The maximum Gasteiger partial charge on any atom is 0.413 e. The topological polar surface area (TPSA) is 130 Å².